The van der Waals surface area contributed by atoms with E-state index in [4.69, 9.17) is 5.73 Å². The quantitative estimate of drug-likeness (QED) is 0.718. The zero-order valence-corrected chi connectivity index (χ0v) is 7.81. The molecule has 0 atom stereocenters. The fourth-order valence-electron chi connectivity index (χ4n) is 1.32. The first kappa shape index (κ1) is 9.21. The van der Waals surface area contributed by atoms with Gasteiger partial charge in [-0.25, -0.2) is 8.78 Å². The van der Waals surface area contributed by atoms with Crippen molar-refractivity contribution in [2.45, 2.75) is 6.43 Å². The second-order valence-electron chi connectivity index (χ2n) is 2.84. The number of halogens is 2. The second kappa shape index (κ2) is 3.09. The molecule has 0 aliphatic carbocycles. The van der Waals surface area contributed by atoms with Crippen molar-refractivity contribution in [3.8, 4) is 5.75 Å². The number of aromatic hydroxyl groups is 1. The number of hydrogen-bond acceptors (Lipinski definition) is 3. The van der Waals surface area contributed by atoms with E-state index in [0.29, 0.717) is 15.8 Å². The topological polar surface area (TPSA) is 46.2 Å². The first-order valence-electron chi connectivity index (χ1n) is 3.89. The van der Waals surface area contributed by atoms with Crippen molar-refractivity contribution in [2.24, 2.45) is 0 Å². The molecule has 0 saturated carbocycles. The van der Waals surface area contributed by atoms with Crippen molar-refractivity contribution in [2.75, 3.05) is 5.73 Å². The molecule has 2 nitrogen and oxygen atoms in total. The highest BCUT2D eigenvalue weighted by Crippen LogP contribution is 2.44. The second-order valence-corrected chi connectivity index (χ2v) is 3.92. The number of alkyl halides is 2. The normalized spacial score (nSPS) is 11.4. The molecule has 0 saturated heterocycles. The van der Waals surface area contributed by atoms with E-state index in [0.717, 1.165) is 11.3 Å². The van der Waals surface area contributed by atoms with Crippen LogP contribution in [0.3, 0.4) is 0 Å². The maximum absolute atomic E-state index is 12.4. The molecule has 0 amide bonds. The summed E-state index contributed by atoms with van der Waals surface area (Å²) in [6.07, 6.45) is -2.66. The third-order valence-corrected chi connectivity index (χ3v) is 3.10. The van der Waals surface area contributed by atoms with Gasteiger partial charge in [0.1, 0.15) is 10.6 Å². The van der Waals surface area contributed by atoms with Gasteiger partial charge in [0.2, 0.25) is 0 Å². The number of rotatable bonds is 1. The van der Waals surface area contributed by atoms with Crippen LogP contribution in [0.1, 0.15) is 11.3 Å². The fraction of sp³-hybridized carbons (Fsp3) is 0.111. The van der Waals surface area contributed by atoms with Crippen LogP contribution in [-0.4, -0.2) is 5.11 Å². The van der Waals surface area contributed by atoms with Gasteiger partial charge in [0, 0.05) is 10.4 Å². The summed E-state index contributed by atoms with van der Waals surface area (Å²) in [5.74, 6) is -0.391. The molecule has 1 heterocycles. The standard InChI is InChI=1S/C9H7F2NOS/c10-9(11)8-7(13)6-4(12)2-1-3-5(6)14-8/h1-3,9,13H,12H2. The third-order valence-electron chi connectivity index (χ3n) is 1.95. The van der Waals surface area contributed by atoms with E-state index in [9.17, 15) is 13.9 Å². The van der Waals surface area contributed by atoms with Gasteiger partial charge in [-0.2, -0.15) is 0 Å². The van der Waals surface area contributed by atoms with Crippen molar-refractivity contribution >= 4 is 27.1 Å². The van der Waals surface area contributed by atoms with Gasteiger partial charge in [0.25, 0.3) is 6.43 Å². The van der Waals surface area contributed by atoms with E-state index < -0.39 is 12.2 Å². The molecule has 0 aliphatic heterocycles. The van der Waals surface area contributed by atoms with Crippen LogP contribution in [0, 0.1) is 0 Å². The van der Waals surface area contributed by atoms with Crippen molar-refractivity contribution in [1.29, 1.82) is 0 Å². The van der Waals surface area contributed by atoms with Gasteiger partial charge >= 0.3 is 0 Å². The lowest BCUT2D eigenvalue weighted by Gasteiger charge is -1.97. The van der Waals surface area contributed by atoms with Crippen molar-refractivity contribution in [1.82, 2.24) is 0 Å². The summed E-state index contributed by atoms with van der Waals surface area (Å²) < 4.78 is 25.4. The molecule has 74 valence electrons. The predicted molar refractivity (Wildman–Crippen MR) is 52.9 cm³/mol. The first-order chi connectivity index (χ1) is 6.61. The highest BCUT2D eigenvalue weighted by Gasteiger charge is 2.20. The lowest BCUT2D eigenvalue weighted by atomic mass is 10.2. The molecule has 1 aromatic heterocycles. The Morgan fingerprint density at radius 3 is 2.64 bits per heavy atom. The van der Waals surface area contributed by atoms with Crippen LogP contribution in [0.25, 0.3) is 10.1 Å². The summed E-state index contributed by atoms with van der Waals surface area (Å²) in [6.45, 7) is 0. The number of benzene rings is 1. The summed E-state index contributed by atoms with van der Waals surface area (Å²) in [5.41, 5.74) is 5.89. The van der Waals surface area contributed by atoms with Crippen LogP contribution >= 0.6 is 11.3 Å². The molecule has 14 heavy (non-hydrogen) atoms. The minimum absolute atomic E-state index is 0.321. The fourth-order valence-corrected chi connectivity index (χ4v) is 2.31. The van der Waals surface area contributed by atoms with Crippen LogP contribution in [0.5, 0.6) is 5.75 Å². The van der Waals surface area contributed by atoms with Crippen LogP contribution in [0.15, 0.2) is 18.2 Å². The van der Waals surface area contributed by atoms with Gasteiger partial charge in [-0.3, -0.25) is 0 Å². The summed E-state index contributed by atoms with van der Waals surface area (Å²) in [5, 5.41) is 9.82. The maximum Gasteiger partial charge on any atom is 0.276 e. The number of anilines is 1. The maximum atomic E-state index is 12.4. The Hall–Kier alpha value is -1.36. The predicted octanol–water partition coefficient (Wildman–Crippen LogP) is 3.13. The Kier molecular flexibility index (Phi) is 2.03. The van der Waals surface area contributed by atoms with Gasteiger partial charge in [-0.05, 0) is 12.1 Å². The van der Waals surface area contributed by atoms with Gasteiger partial charge in [-0.15, -0.1) is 11.3 Å². The Labute approximate surface area is 82.6 Å². The van der Waals surface area contributed by atoms with Gasteiger partial charge in [0.15, 0.2) is 0 Å². The number of hydrogen-bond donors (Lipinski definition) is 2. The molecule has 0 radical (unpaired) electrons. The Balaban J connectivity index is 2.81. The van der Waals surface area contributed by atoms with E-state index in [1.807, 2.05) is 0 Å². The van der Waals surface area contributed by atoms with Crippen LogP contribution < -0.4 is 5.73 Å². The molecule has 1 aromatic carbocycles. The van der Waals surface area contributed by atoms with Crippen molar-refractivity contribution in [3.63, 3.8) is 0 Å². The number of thiophene rings is 1. The molecule has 0 fully saturated rings. The number of nitrogen functional groups attached to an aromatic ring is 1. The summed E-state index contributed by atoms with van der Waals surface area (Å²) >= 11 is 0.866. The molecule has 0 bridgehead atoms. The lowest BCUT2D eigenvalue weighted by molar-refractivity contribution is 0.152. The van der Waals surface area contributed by atoms with E-state index in [1.54, 1.807) is 18.2 Å². The van der Waals surface area contributed by atoms with E-state index in [2.05, 4.69) is 0 Å². The first-order valence-corrected chi connectivity index (χ1v) is 4.71. The molecule has 0 spiro atoms. The molecule has 2 aromatic rings. The number of fused-ring (bicyclic) bond motifs is 1. The van der Waals surface area contributed by atoms with Crippen LogP contribution in [0.4, 0.5) is 14.5 Å². The Morgan fingerprint density at radius 2 is 2.07 bits per heavy atom. The SMILES string of the molecule is Nc1cccc2sc(C(F)F)c(O)c12. The number of nitrogens with two attached hydrogens (primary N) is 1. The molecular formula is C9H7F2NOS. The molecule has 3 N–H and O–H groups in total. The van der Waals surface area contributed by atoms with Gasteiger partial charge in [0.05, 0.1) is 5.39 Å². The average molecular weight is 215 g/mol. The van der Waals surface area contributed by atoms with Gasteiger partial charge < -0.3 is 10.8 Å². The minimum atomic E-state index is -2.66. The monoisotopic (exact) mass is 215 g/mol. The molecule has 0 aliphatic rings. The smallest absolute Gasteiger partial charge is 0.276 e. The largest absolute Gasteiger partial charge is 0.506 e. The van der Waals surface area contributed by atoms with Gasteiger partial charge in [-0.1, -0.05) is 6.07 Å². The van der Waals surface area contributed by atoms with E-state index in [1.165, 1.54) is 0 Å². The summed E-state index contributed by atoms with van der Waals surface area (Å²) in [7, 11) is 0. The minimum Gasteiger partial charge on any atom is -0.506 e. The summed E-state index contributed by atoms with van der Waals surface area (Å²) in [4.78, 5) is -0.321. The molecule has 2 rings (SSSR count). The molecule has 5 heteroatoms. The summed E-state index contributed by atoms with van der Waals surface area (Å²) in [6, 6.07) is 4.90. The van der Waals surface area contributed by atoms with Crippen molar-refractivity contribution in [3.05, 3.63) is 23.1 Å². The average Bonchev–Trinajstić information content (AvgIpc) is 2.45. The molecule has 0 unspecified atom stereocenters. The highest BCUT2D eigenvalue weighted by molar-refractivity contribution is 7.19. The zero-order valence-electron chi connectivity index (χ0n) is 7.00. The van der Waals surface area contributed by atoms with E-state index in [-0.39, 0.29) is 4.88 Å². The highest BCUT2D eigenvalue weighted by atomic mass is 32.1. The Morgan fingerprint density at radius 1 is 1.36 bits per heavy atom. The zero-order chi connectivity index (χ0) is 10.3. The van der Waals surface area contributed by atoms with Crippen molar-refractivity contribution < 1.29 is 13.9 Å². The van der Waals surface area contributed by atoms with Crippen LogP contribution in [-0.2, 0) is 0 Å². The Bertz CT molecular complexity index is 481. The lowest BCUT2D eigenvalue weighted by Crippen LogP contribution is -1.84. The van der Waals surface area contributed by atoms with E-state index >= 15 is 0 Å². The van der Waals surface area contributed by atoms with Crippen LogP contribution in [0.2, 0.25) is 0 Å². The molecular weight excluding hydrogens is 208 g/mol. The third kappa shape index (κ3) is 1.21.